The number of fused-ring (bicyclic) bond motifs is 1. The number of benzene rings is 1. The molecule has 0 radical (unpaired) electrons. The lowest BCUT2D eigenvalue weighted by atomic mass is 10.3. The van der Waals surface area contributed by atoms with Gasteiger partial charge in [0.05, 0.1) is 22.8 Å². The van der Waals surface area contributed by atoms with Crippen LogP contribution in [0.1, 0.15) is 5.69 Å². The maximum absolute atomic E-state index is 13.0. The van der Waals surface area contributed by atoms with E-state index in [1.54, 1.807) is 12.3 Å². The van der Waals surface area contributed by atoms with Crippen LogP contribution in [0.5, 0.6) is 0 Å². The van der Waals surface area contributed by atoms with Crippen LogP contribution in [-0.2, 0) is 6.54 Å². The van der Waals surface area contributed by atoms with Crippen molar-refractivity contribution >= 4 is 23.6 Å². The van der Waals surface area contributed by atoms with Crippen LogP contribution >= 0.6 is 11.9 Å². The van der Waals surface area contributed by atoms with Gasteiger partial charge in [-0.05, 0) is 30.3 Å². The van der Waals surface area contributed by atoms with Crippen molar-refractivity contribution in [3.8, 4) is 0 Å². The number of hydrogen-bond acceptors (Lipinski definition) is 5. The van der Waals surface area contributed by atoms with E-state index in [9.17, 15) is 4.39 Å². The number of rotatable bonds is 2. The summed E-state index contributed by atoms with van der Waals surface area (Å²) in [6.45, 7) is 0.587. The third-order valence-electron chi connectivity index (χ3n) is 2.60. The first kappa shape index (κ1) is 12.0. The topological polar surface area (TPSA) is 49.3 Å². The minimum absolute atomic E-state index is 0.256. The Morgan fingerprint density at radius 1 is 1.26 bits per heavy atom. The van der Waals surface area contributed by atoms with E-state index in [1.807, 2.05) is 18.2 Å². The fraction of sp³-hybridized carbons (Fsp3) is 0.0769. The highest BCUT2D eigenvalue weighted by Crippen LogP contribution is 2.31. The van der Waals surface area contributed by atoms with Crippen LogP contribution in [0.3, 0.4) is 0 Å². The number of hydrogen-bond donors (Lipinski definition) is 2. The summed E-state index contributed by atoms with van der Waals surface area (Å²) in [4.78, 5) is 5.00. The number of nitrogens with zero attached hydrogens (tertiary/aromatic N) is 2. The molecule has 0 fully saturated rings. The van der Waals surface area contributed by atoms with Gasteiger partial charge in [0.15, 0.2) is 0 Å². The molecule has 0 spiro atoms. The summed E-state index contributed by atoms with van der Waals surface area (Å²) in [6.07, 6.45) is 1.75. The average Bonchev–Trinajstić information content (AvgIpc) is 2.46. The molecule has 0 saturated carbocycles. The van der Waals surface area contributed by atoms with Crippen LogP contribution in [0.4, 0.5) is 10.1 Å². The minimum Gasteiger partial charge on any atom is -0.350 e. The van der Waals surface area contributed by atoms with Gasteiger partial charge in [-0.15, -0.1) is 0 Å². The minimum atomic E-state index is -0.256. The zero-order chi connectivity index (χ0) is 13.1. The summed E-state index contributed by atoms with van der Waals surface area (Å²) in [5.74, 6) is 0.392. The molecule has 96 valence electrons. The van der Waals surface area contributed by atoms with E-state index in [4.69, 9.17) is 0 Å². The Hall–Kier alpha value is -2.08. The van der Waals surface area contributed by atoms with Crippen LogP contribution in [0, 0.1) is 5.82 Å². The molecule has 0 bridgehead atoms. The molecule has 6 heteroatoms. The highest BCUT2D eigenvalue weighted by atomic mass is 32.2. The Morgan fingerprint density at radius 3 is 3.05 bits per heavy atom. The fourth-order valence-electron chi connectivity index (χ4n) is 1.67. The SMILES string of the molecule is Fc1ccc2c(c1)SN=C(NCc1ccccn1)N2. The third kappa shape index (κ3) is 2.85. The molecule has 0 unspecified atom stereocenters. The molecule has 0 aliphatic carbocycles. The lowest BCUT2D eigenvalue weighted by molar-refractivity contribution is 0.624. The second-order valence-electron chi connectivity index (χ2n) is 3.97. The Morgan fingerprint density at radius 2 is 2.21 bits per heavy atom. The van der Waals surface area contributed by atoms with E-state index < -0.39 is 0 Å². The van der Waals surface area contributed by atoms with Crippen molar-refractivity contribution in [3.63, 3.8) is 0 Å². The Bertz CT molecular complexity index is 615. The summed E-state index contributed by atoms with van der Waals surface area (Å²) in [7, 11) is 0. The van der Waals surface area contributed by atoms with Gasteiger partial charge in [-0.25, -0.2) is 4.39 Å². The van der Waals surface area contributed by atoms with E-state index in [0.717, 1.165) is 16.3 Å². The molecule has 19 heavy (non-hydrogen) atoms. The summed E-state index contributed by atoms with van der Waals surface area (Å²) in [6, 6.07) is 10.3. The standard InChI is InChI=1S/C13H11FN4S/c14-9-4-5-11-12(7-9)19-18-13(17-11)16-8-10-3-1-2-6-15-10/h1-7H,8H2,(H2,16,17,18). The number of nitrogens with one attached hydrogen (secondary N) is 2. The summed E-state index contributed by atoms with van der Waals surface area (Å²) >= 11 is 1.25. The van der Waals surface area contributed by atoms with Crippen molar-refractivity contribution in [1.29, 1.82) is 0 Å². The van der Waals surface area contributed by atoms with Crippen molar-refractivity contribution in [3.05, 3.63) is 54.1 Å². The summed E-state index contributed by atoms with van der Waals surface area (Å²) in [5.41, 5.74) is 1.78. The molecular formula is C13H11FN4S. The van der Waals surface area contributed by atoms with Crippen molar-refractivity contribution < 1.29 is 4.39 Å². The number of guanidine groups is 1. The molecule has 2 N–H and O–H groups in total. The van der Waals surface area contributed by atoms with Crippen molar-refractivity contribution in [2.24, 2.45) is 4.40 Å². The lowest BCUT2D eigenvalue weighted by Gasteiger charge is -2.18. The quantitative estimate of drug-likeness (QED) is 0.827. The van der Waals surface area contributed by atoms with Gasteiger partial charge in [-0.1, -0.05) is 6.07 Å². The van der Waals surface area contributed by atoms with Crippen LogP contribution in [-0.4, -0.2) is 10.9 Å². The predicted molar refractivity (Wildman–Crippen MR) is 74.4 cm³/mol. The van der Waals surface area contributed by atoms with Gasteiger partial charge >= 0.3 is 0 Å². The van der Waals surface area contributed by atoms with E-state index >= 15 is 0 Å². The maximum Gasteiger partial charge on any atom is 0.208 e. The Balaban J connectivity index is 1.66. The highest BCUT2D eigenvalue weighted by molar-refractivity contribution is 7.98. The van der Waals surface area contributed by atoms with Crippen LogP contribution in [0.25, 0.3) is 0 Å². The molecule has 2 aromatic rings. The third-order valence-corrected chi connectivity index (χ3v) is 3.40. The van der Waals surface area contributed by atoms with Crippen molar-refractivity contribution in [1.82, 2.24) is 10.3 Å². The van der Waals surface area contributed by atoms with Crippen LogP contribution in [0.2, 0.25) is 0 Å². The number of halogens is 1. The molecule has 0 atom stereocenters. The van der Waals surface area contributed by atoms with Crippen molar-refractivity contribution in [2.45, 2.75) is 11.4 Å². The lowest BCUT2D eigenvalue weighted by Crippen LogP contribution is -2.31. The van der Waals surface area contributed by atoms with Gasteiger partial charge in [0.2, 0.25) is 5.96 Å². The molecule has 1 aromatic heterocycles. The van der Waals surface area contributed by atoms with Gasteiger partial charge < -0.3 is 10.6 Å². The van der Waals surface area contributed by atoms with Gasteiger partial charge in [0, 0.05) is 18.1 Å². The first-order valence-corrected chi connectivity index (χ1v) is 6.54. The van der Waals surface area contributed by atoms with E-state index in [2.05, 4.69) is 20.0 Å². The number of aromatic nitrogens is 1. The van der Waals surface area contributed by atoms with Gasteiger partial charge in [-0.3, -0.25) is 4.98 Å². The first-order valence-electron chi connectivity index (χ1n) is 5.76. The first-order chi connectivity index (χ1) is 9.31. The predicted octanol–water partition coefficient (Wildman–Crippen LogP) is 2.80. The second-order valence-corrected chi connectivity index (χ2v) is 4.78. The molecule has 2 heterocycles. The molecule has 1 aromatic carbocycles. The van der Waals surface area contributed by atoms with E-state index in [1.165, 1.54) is 24.1 Å². The largest absolute Gasteiger partial charge is 0.350 e. The molecule has 0 saturated heterocycles. The number of anilines is 1. The molecule has 0 amide bonds. The van der Waals surface area contributed by atoms with E-state index in [-0.39, 0.29) is 5.82 Å². The van der Waals surface area contributed by atoms with E-state index in [0.29, 0.717) is 12.5 Å². The summed E-state index contributed by atoms with van der Waals surface area (Å²) < 4.78 is 17.3. The zero-order valence-electron chi connectivity index (χ0n) is 9.93. The molecular weight excluding hydrogens is 263 g/mol. The average molecular weight is 274 g/mol. The molecule has 1 aliphatic heterocycles. The van der Waals surface area contributed by atoms with Gasteiger partial charge in [0.1, 0.15) is 5.82 Å². The van der Waals surface area contributed by atoms with Gasteiger partial charge in [0.25, 0.3) is 0 Å². The van der Waals surface area contributed by atoms with Gasteiger partial charge in [-0.2, -0.15) is 4.40 Å². The Labute approximate surface area is 114 Å². The monoisotopic (exact) mass is 274 g/mol. The smallest absolute Gasteiger partial charge is 0.208 e. The maximum atomic E-state index is 13.0. The highest BCUT2D eigenvalue weighted by Gasteiger charge is 2.13. The normalized spacial score (nSPS) is 13.2. The molecule has 1 aliphatic rings. The zero-order valence-corrected chi connectivity index (χ0v) is 10.7. The van der Waals surface area contributed by atoms with Crippen LogP contribution < -0.4 is 10.6 Å². The van der Waals surface area contributed by atoms with Crippen LogP contribution in [0.15, 0.2) is 51.9 Å². The molecule has 4 nitrogen and oxygen atoms in total. The van der Waals surface area contributed by atoms with Crippen molar-refractivity contribution in [2.75, 3.05) is 5.32 Å². The second kappa shape index (κ2) is 5.27. The number of pyridine rings is 1. The summed E-state index contributed by atoms with van der Waals surface area (Å²) in [5, 5.41) is 6.27. The Kier molecular flexibility index (Phi) is 3.33. The molecule has 3 rings (SSSR count). The fourth-order valence-corrected chi connectivity index (χ4v) is 2.36.